The minimum atomic E-state index is -1.35. The molecule has 3 atom stereocenters. The van der Waals surface area contributed by atoms with E-state index in [0.29, 0.717) is 0 Å². The topological polar surface area (TPSA) is 110 Å². The number of carbonyl (C=O) groups excluding carboxylic acids is 2. The lowest BCUT2D eigenvalue weighted by Crippen LogP contribution is -2.34. The maximum atomic E-state index is 11.2. The second-order valence-corrected chi connectivity index (χ2v) is 3.17. The second-order valence-electron chi connectivity index (χ2n) is 3.17. The van der Waals surface area contributed by atoms with Crippen LogP contribution in [0.2, 0.25) is 0 Å². The molecule has 2 N–H and O–H groups in total. The van der Waals surface area contributed by atoms with E-state index in [-0.39, 0.29) is 0 Å². The van der Waals surface area contributed by atoms with Gasteiger partial charge in [-0.25, -0.2) is 14.4 Å². The smallest absolute Gasteiger partial charge is 0.347 e. The molecule has 0 saturated carbocycles. The fraction of sp³-hybridized carbons (Fsp3) is 0.667. The molecule has 0 aliphatic carbocycles. The Hall–Kier alpha value is -1.63. The Morgan fingerprint density at radius 2 is 1.38 bits per heavy atom. The van der Waals surface area contributed by atoms with E-state index in [1.54, 1.807) is 0 Å². The molecule has 0 spiro atoms. The molecule has 7 heteroatoms. The first-order valence-corrected chi connectivity index (χ1v) is 4.57. The van der Waals surface area contributed by atoms with Crippen LogP contribution in [-0.2, 0) is 23.9 Å². The molecule has 0 aliphatic rings. The summed E-state index contributed by atoms with van der Waals surface area (Å²) in [6.45, 7) is 3.57. The first-order valence-electron chi connectivity index (χ1n) is 4.57. The summed E-state index contributed by atoms with van der Waals surface area (Å²) in [5.74, 6) is -3.27. The van der Waals surface area contributed by atoms with Gasteiger partial charge in [0.1, 0.15) is 6.10 Å². The molecular weight excluding hydrogens is 220 g/mol. The molecule has 0 aromatic heterocycles. The molecule has 0 bridgehead atoms. The van der Waals surface area contributed by atoms with Gasteiger partial charge in [-0.2, -0.15) is 0 Å². The van der Waals surface area contributed by atoms with Crippen LogP contribution in [0, 0.1) is 0 Å². The number of rotatable bonds is 5. The zero-order valence-corrected chi connectivity index (χ0v) is 9.17. The average molecular weight is 234 g/mol. The number of aliphatic carboxylic acids is 1. The number of carbonyl (C=O) groups is 3. The van der Waals surface area contributed by atoms with Crippen molar-refractivity contribution in [2.45, 2.75) is 39.1 Å². The van der Waals surface area contributed by atoms with E-state index in [2.05, 4.69) is 9.47 Å². The summed E-state index contributed by atoms with van der Waals surface area (Å²) in [5, 5.41) is 17.3. The fourth-order valence-corrected chi connectivity index (χ4v) is 0.641. The van der Waals surface area contributed by atoms with Gasteiger partial charge in [0.15, 0.2) is 12.2 Å². The molecule has 0 aliphatic heterocycles. The van der Waals surface area contributed by atoms with Gasteiger partial charge >= 0.3 is 17.9 Å². The van der Waals surface area contributed by atoms with Gasteiger partial charge in [-0.1, -0.05) is 0 Å². The van der Waals surface area contributed by atoms with Gasteiger partial charge < -0.3 is 19.7 Å². The maximum absolute atomic E-state index is 11.2. The minimum absolute atomic E-state index is 0.979. The lowest BCUT2D eigenvalue weighted by atomic mass is 10.3. The lowest BCUT2D eigenvalue weighted by Gasteiger charge is -2.15. The molecule has 0 rings (SSSR count). The van der Waals surface area contributed by atoms with Gasteiger partial charge in [0.05, 0.1) is 0 Å². The lowest BCUT2D eigenvalue weighted by molar-refractivity contribution is -0.177. The zero-order valence-electron chi connectivity index (χ0n) is 9.17. The number of aliphatic hydroxyl groups excluding tert-OH is 1. The van der Waals surface area contributed by atoms with Gasteiger partial charge in [0.25, 0.3) is 0 Å². The van der Waals surface area contributed by atoms with Crippen LogP contribution in [0.4, 0.5) is 0 Å². The van der Waals surface area contributed by atoms with Crippen LogP contribution < -0.4 is 0 Å². The predicted molar refractivity (Wildman–Crippen MR) is 50.4 cm³/mol. The third kappa shape index (κ3) is 4.74. The van der Waals surface area contributed by atoms with E-state index in [0.717, 1.165) is 0 Å². The molecular formula is C9H14O7. The van der Waals surface area contributed by atoms with Crippen LogP contribution in [0.25, 0.3) is 0 Å². The molecule has 92 valence electrons. The summed E-state index contributed by atoms with van der Waals surface area (Å²) in [6, 6.07) is 0. The summed E-state index contributed by atoms with van der Waals surface area (Å²) >= 11 is 0. The number of carboxylic acid groups (broad SMARTS) is 1. The number of esters is 2. The largest absolute Gasteiger partial charge is 0.479 e. The highest BCUT2D eigenvalue weighted by molar-refractivity contribution is 5.83. The van der Waals surface area contributed by atoms with Crippen molar-refractivity contribution in [2.75, 3.05) is 0 Å². The van der Waals surface area contributed by atoms with Crippen LogP contribution in [0.3, 0.4) is 0 Å². The van der Waals surface area contributed by atoms with Gasteiger partial charge in [-0.3, -0.25) is 0 Å². The van der Waals surface area contributed by atoms with E-state index < -0.39 is 36.2 Å². The average Bonchev–Trinajstić information content (AvgIpc) is 2.16. The van der Waals surface area contributed by atoms with Crippen molar-refractivity contribution in [3.63, 3.8) is 0 Å². The molecule has 0 aromatic rings. The van der Waals surface area contributed by atoms with E-state index in [1.165, 1.54) is 20.8 Å². The van der Waals surface area contributed by atoms with Crippen molar-refractivity contribution < 1.29 is 34.1 Å². The highest BCUT2D eigenvalue weighted by atomic mass is 16.6. The zero-order chi connectivity index (χ0) is 12.9. The highest BCUT2D eigenvalue weighted by Gasteiger charge is 2.25. The summed E-state index contributed by atoms with van der Waals surface area (Å²) in [7, 11) is 0. The van der Waals surface area contributed by atoms with Crippen molar-refractivity contribution in [1.82, 2.24) is 0 Å². The molecule has 7 nitrogen and oxygen atoms in total. The Balaban J connectivity index is 4.19. The normalized spacial score (nSPS) is 15.8. The van der Waals surface area contributed by atoms with Crippen LogP contribution in [0.1, 0.15) is 20.8 Å². The molecule has 0 amide bonds. The number of carboxylic acids is 1. The minimum Gasteiger partial charge on any atom is -0.479 e. The fourth-order valence-electron chi connectivity index (χ4n) is 0.641. The van der Waals surface area contributed by atoms with E-state index in [9.17, 15) is 14.4 Å². The maximum Gasteiger partial charge on any atom is 0.347 e. The molecule has 0 aromatic carbocycles. The highest BCUT2D eigenvalue weighted by Crippen LogP contribution is 2.01. The van der Waals surface area contributed by atoms with Gasteiger partial charge in [-0.05, 0) is 20.8 Å². The Kier molecular flexibility index (Phi) is 5.44. The summed E-state index contributed by atoms with van der Waals surface area (Å²) in [5.41, 5.74) is 0. The summed E-state index contributed by atoms with van der Waals surface area (Å²) in [4.78, 5) is 32.4. The Labute approximate surface area is 92.0 Å². The molecule has 0 fully saturated rings. The molecule has 0 heterocycles. The Morgan fingerprint density at radius 3 is 1.75 bits per heavy atom. The van der Waals surface area contributed by atoms with Crippen LogP contribution in [0.15, 0.2) is 0 Å². The third-order valence-corrected chi connectivity index (χ3v) is 1.61. The van der Waals surface area contributed by atoms with E-state index >= 15 is 0 Å². The number of aliphatic hydroxyl groups is 1. The first kappa shape index (κ1) is 14.4. The summed E-state index contributed by atoms with van der Waals surface area (Å²) < 4.78 is 8.95. The Bertz CT molecular complexity index is 284. The van der Waals surface area contributed by atoms with Crippen molar-refractivity contribution in [3.8, 4) is 0 Å². The monoisotopic (exact) mass is 234 g/mol. The van der Waals surface area contributed by atoms with E-state index in [1.807, 2.05) is 0 Å². The van der Waals surface area contributed by atoms with Crippen LogP contribution >= 0.6 is 0 Å². The predicted octanol–water partition coefficient (Wildman–Crippen LogP) is -0.685. The number of hydrogen-bond acceptors (Lipinski definition) is 6. The third-order valence-electron chi connectivity index (χ3n) is 1.61. The van der Waals surface area contributed by atoms with Gasteiger partial charge in [0, 0.05) is 0 Å². The summed E-state index contributed by atoms with van der Waals surface area (Å²) in [6.07, 6.45) is -3.93. The van der Waals surface area contributed by atoms with Crippen molar-refractivity contribution in [3.05, 3.63) is 0 Å². The van der Waals surface area contributed by atoms with Gasteiger partial charge in [-0.15, -0.1) is 0 Å². The number of hydrogen-bond donors (Lipinski definition) is 2. The molecule has 0 unspecified atom stereocenters. The second kappa shape index (κ2) is 6.06. The molecule has 0 radical (unpaired) electrons. The van der Waals surface area contributed by atoms with Crippen LogP contribution in [0.5, 0.6) is 0 Å². The van der Waals surface area contributed by atoms with E-state index in [4.69, 9.17) is 10.2 Å². The van der Waals surface area contributed by atoms with Crippen LogP contribution in [-0.4, -0.2) is 46.4 Å². The van der Waals surface area contributed by atoms with Crippen molar-refractivity contribution in [1.29, 1.82) is 0 Å². The Morgan fingerprint density at radius 1 is 0.938 bits per heavy atom. The standard InChI is InChI=1S/C9H14O7/c1-4(10)8(13)16-6(3)9(14)15-5(2)7(11)12/h4-6,10H,1-3H3,(H,11,12)/t4-,5+,6-/m0/s1. The van der Waals surface area contributed by atoms with Gasteiger partial charge in [0.2, 0.25) is 0 Å². The quantitative estimate of drug-likeness (QED) is 0.606. The molecule has 0 saturated heterocycles. The SMILES string of the molecule is C[C@H](O)C(=O)O[C@@H](C)C(=O)O[C@H](C)C(=O)O. The number of ether oxygens (including phenoxy) is 2. The van der Waals surface area contributed by atoms with Crippen molar-refractivity contribution >= 4 is 17.9 Å². The first-order chi connectivity index (χ1) is 7.25. The molecule has 16 heavy (non-hydrogen) atoms. The van der Waals surface area contributed by atoms with Crippen molar-refractivity contribution in [2.24, 2.45) is 0 Å².